The Morgan fingerprint density at radius 1 is 0.846 bits per heavy atom. The quantitative estimate of drug-likeness (QED) is 0.453. The maximum atomic E-state index is 5.83. The van der Waals surface area contributed by atoms with Crippen molar-refractivity contribution < 1.29 is 0 Å². The summed E-state index contributed by atoms with van der Waals surface area (Å²) in [5.74, 6) is 0.747. The van der Waals surface area contributed by atoms with E-state index in [1.54, 1.807) is 6.07 Å². The molecule has 0 radical (unpaired) electrons. The average molecular weight is 436 g/mol. The van der Waals surface area contributed by atoms with Crippen LogP contribution in [0.4, 0.5) is 23.0 Å². The molecule has 0 unspecified atom stereocenters. The van der Waals surface area contributed by atoms with Gasteiger partial charge < -0.3 is 22.9 Å². The van der Waals surface area contributed by atoms with Crippen molar-refractivity contribution in [3.8, 4) is 11.3 Å². The Balaban J connectivity index is 0.000000209. The molecule has 0 aliphatic heterocycles. The summed E-state index contributed by atoms with van der Waals surface area (Å²) in [5, 5.41) is 0.699. The fraction of sp³-hybridized carbons (Fsp3) is 0.111. The van der Waals surface area contributed by atoms with Gasteiger partial charge in [0.05, 0.1) is 22.8 Å². The molecule has 0 saturated heterocycles. The second kappa shape index (κ2) is 8.25. The zero-order valence-corrected chi connectivity index (χ0v) is 16.8. The number of nitrogen functional groups attached to an aromatic ring is 4. The second-order valence-electron chi connectivity index (χ2n) is 5.67. The Bertz CT molecular complexity index is 878. The third-order valence-corrected chi connectivity index (χ3v) is 4.66. The van der Waals surface area contributed by atoms with Crippen molar-refractivity contribution in [1.82, 2.24) is 9.97 Å². The zero-order valence-electron chi connectivity index (χ0n) is 14.4. The molecule has 0 amide bonds. The van der Waals surface area contributed by atoms with E-state index in [1.807, 2.05) is 44.2 Å². The summed E-state index contributed by atoms with van der Waals surface area (Å²) < 4.78 is 0.888. The van der Waals surface area contributed by atoms with Gasteiger partial charge in [0.15, 0.2) is 0 Å². The summed E-state index contributed by atoms with van der Waals surface area (Å²) in [6.07, 6.45) is 0. The first-order valence-corrected chi connectivity index (χ1v) is 8.82. The van der Waals surface area contributed by atoms with Crippen molar-refractivity contribution in [3.63, 3.8) is 0 Å². The predicted octanol–water partition coefficient (Wildman–Crippen LogP) is 4.19. The minimum Gasteiger partial charge on any atom is -0.396 e. The van der Waals surface area contributed by atoms with Crippen LogP contribution in [0.5, 0.6) is 0 Å². The monoisotopic (exact) mass is 434 g/mol. The van der Waals surface area contributed by atoms with Gasteiger partial charge in [0.2, 0.25) is 0 Å². The number of pyridine rings is 2. The van der Waals surface area contributed by atoms with E-state index < -0.39 is 0 Å². The van der Waals surface area contributed by atoms with Crippen LogP contribution in [0.15, 0.2) is 40.9 Å². The van der Waals surface area contributed by atoms with Crippen LogP contribution in [0.3, 0.4) is 0 Å². The molecule has 0 atom stereocenters. The lowest BCUT2D eigenvalue weighted by molar-refractivity contribution is 1.19. The normalized spacial score (nSPS) is 10.2. The molecule has 0 bridgehead atoms. The Kier molecular flexibility index (Phi) is 6.28. The number of hydrogen-bond donors (Lipinski definition) is 4. The highest BCUT2D eigenvalue weighted by molar-refractivity contribution is 9.10. The van der Waals surface area contributed by atoms with Gasteiger partial charge in [0.25, 0.3) is 0 Å². The molecule has 6 nitrogen and oxygen atoms in total. The minimum atomic E-state index is 0.357. The molecule has 8 N–H and O–H groups in total. The van der Waals surface area contributed by atoms with Crippen molar-refractivity contribution in [3.05, 3.63) is 57.2 Å². The van der Waals surface area contributed by atoms with Gasteiger partial charge in [0, 0.05) is 15.1 Å². The van der Waals surface area contributed by atoms with Gasteiger partial charge in [-0.1, -0.05) is 23.7 Å². The summed E-state index contributed by atoms with van der Waals surface area (Å²) >= 11 is 9.11. The Labute approximate surface area is 165 Å². The Hall–Kier alpha value is -2.51. The van der Waals surface area contributed by atoms with E-state index in [9.17, 15) is 0 Å². The number of aromatic nitrogens is 2. The lowest BCUT2D eigenvalue weighted by Gasteiger charge is -2.08. The molecular weight excluding hydrogens is 416 g/mol. The third-order valence-electron chi connectivity index (χ3n) is 3.60. The van der Waals surface area contributed by atoms with Crippen LogP contribution in [0.2, 0.25) is 5.02 Å². The summed E-state index contributed by atoms with van der Waals surface area (Å²) in [6, 6.07) is 11.0. The number of aryl methyl sites for hydroxylation is 2. The van der Waals surface area contributed by atoms with Crippen LogP contribution in [-0.4, -0.2) is 9.97 Å². The molecule has 136 valence electrons. The largest absolute Gasteiger partial charge is 0.396 e. The van der Waals surface area contributed by atoms with Gasteiger partial charge in [-0.15, -0.1) is 0 Å². The summed E-state index contributed by atoms with van der Waals surface area (Å²) in [5.41, 5.74) is 27.0. The van der Waals surface area contributed by atoms with Crippen molar-refractivity contribution in [2.24, 2.45) is 0 Å². The fourth-order valence-electron chi connectivity index (χ4n) is 2.16. The van der Waals surface area contributed by atoms with Crippen molar-refractivity contribution in [1.29, 1.82) is 0 Å². The van der Waals surface area contributed by atoms with Gasteiger partial charge >= 0.3 is 0 Å². The highest BCUT2D eigenvalue weighted by Gasteiger charge is 2.07. The maximum absolute atomic E-state index is 5.83. The fourth-order valence-corrected chi connectivity index (χ4v) is 2.62. The first-order chi connectivity index (χ1) is 12.2. The van der Waals surface area contributed by atoms with Gasteiger partial charge in [-0.2, -0.15) is 0 Å². The highest BCUT2D eigenvalue weighted by Crippen LogP contribution is 2.26. The molecule has 0 aliphatic carbocycles. The zero-order chi connectivity index (χ0) is 19.4. The summed E-state index contributed by atoms with van der Waals surface area (Å²) in [4.78, 5) is 8.26. The molecule has 3 aromatic rings. The van der Waals surface area contributed by atoms with E-state index >= 15 is 0 Å². The first kappa shape index (κ1) is 19.8. The van der Waals surface area contributed by atoms with E-state index in [4.69, 9.17) is 34.5 Å². The average Bonchev–Trinajstić information content (AvgIpc) is 2.58. The van der Waals surface area contributed by atoms with Crippen LogP contribution in [-0.2, 0) is 0 Å². The lowest BCUT2D eigenvalue weighted by Crippen LogP contribution is -2.00. The molecule has 3 rings (SSSR count). The van der Waals surface area contributed by atoms with Crippen LogP contribution < -0.4 is 22.9 Å². The van der Waals surface area contributed by atoms with E-state index in [0.717, 1.165) is 27.0 Å². The summed E-state index contributed by atoms with van der Waals surface area (Å²) in [7, 11) is 0. The number of anilines is 4. The number of nitrogens with two attached hydrogens (primary N) is 4. The lowest BCUT2D eigenvalue weighted by atomic mass is 10.1. The van der Waals surface area contributed by atoms with Gasteiger partial charge in [-0.25, -0.2) is 9.97 Å². The van der Waals surface area contributed by atoms with Crippen LogP contribution >= 0.6 is 27.5 Å². The standard InChI is InChI=1S/C12H12ClN3.C6H8BrN3/c1-7-6-10(14)12(15)16-11(7)8-2-4-9(13)5-3-8;1-3-4(7)2-5(8)6(9)10-3/h2-6H,14H2,1H3,(H2,15,16);2H,8H2,1H3,(H2,9,10). The number of halogens is 2. The van der Waals surface area contributed by atoms with Gasteiger partial charge in [-0.3, -0.25) is 0 Å². The van der Waals surface area contributed by atoms with Crippen molar-refractivity contribution >= 4 is 50.5 Å². The highest BCUT2D eigenvalue weighted by atomic mass is 79.9. The number of nitrogens with zero attached hydrogens (tertiary/aromatic N) is 2. The van der Waals surface area contributed by atoms with Crippen LogP contribution in [0, 0.1) is 13.8 Å². The SMILES string of the molecule is Cc1cc(N)c(N)nc1-c1ccc(Cl)cc1.Cc1nc(N)c(N)cc1Br. The molecular formula is C18H20BrClN6. The molecule has 1 aromatic carbocycles. The van der Waals surface area contributed by atoms with Crippen molar-refractivity contribution in [2.45, 2.75) is 13.8 Å². The topological polar surface area (TPSA) is 130 Å². The van der Waals surface area contributed by atoms with E-state index in [0.29, 0.717) is 28.0 Å². The Morgan fingerprint density at radius 2 is 1.38 bits per heavy atom. The molecule has 8 heteroatoms. The van der Waals surface area contributed by atoms with E-state index in [-0.39, 0.29) is 0 Å². The summed E-state index contributed by atoms with van der Waals surface area (Å²) in [6.45, 7) is 3.81. The molecule has 0 spiro atoms. The molecule has 0 saturated carbocycles. The van der Waals surface area contributed by atoms with Crippen LogP contribution in [0.1, 0.15) is 11.3 Å². The third kappa shape index (κ3) is 4.77. The van der Waals surface area contributed by atoms with Crippen molar-refractivity contribution in [2.75, 3.05) is 22.9 Å². The number of benzene rings is 1. The van der Waals surface area contributed by atoms with Gasteiger partial charge in [-0.05, 0) is 59.6 Å². The predicted molar refractivity (Wildman–Crippen MR) is 114 cm³/mol. The Morgan fingerprint density at radius 3 is 1.96 bits per heavy atom. The maximum Gasteiger partial charge on any atom is 0.147 e. The molecule has 2 aromatic heterocycles. The number of hydrogen-bond acceptors (Lipinski definition) is 6. The smallest absolute Gasteiger partial charge is 0.147 e. The van der Waals surface area contributed by atoms with E-state index in [2.05, 4.69) is 25.9 Å². The molecule has 0 fully saturated rings. The molecule has 2 heterocycles. The van der Waals surface area contributed by atoms with Crippen LogP contribution in [0.25, 0.3) is 11.3 Å². The number of rotatable bonds is 1. The van der Waals surface area contributed by atoms with E-state index in [1.165, 1.54) is 0 Å². The molecule has 0 aliphatic rings. The van der Waals surface area contributed by atoms with Gasteiger partial charge in [0.1, 0.15) is 11.6 Å². The second-order valence-corrected chi connectivity index (χ2v) is 6.96. The minimum absolute atomic E-state index is 0.357. The molecule has 26 heavy (non-hydrogen) atoms. The first-order valence-electron chi connectivity index (χ1n) is 7.65.